The Kier molecular flexibility index (Phi) is 6.21. The molecule has 0 N–H and O–H groups in total. The van der Waals surface area contributed by atoms with Gasteiger partial charge in [0.2, 0.25) is 10.0 Å². The van der Waals surface area contributed by atoms with Gasteiger partial charge in [-0.05, 0) is 64.0 Å². The summed E-state index contributed by atoms with van der Waals surface area (Å²) in [5.74, 6) is 0. The van der Waals surface area contributed by atoms with E-state index < -0.39 is 10.0 Å². The predicted octanol–water partition coefficient (Wildman–Crippen LogP) is 3.81. The number of rotatable bonds is 5. The van der Waals surface area contributed by atoms with Gasteiger partial charge in [0.25, 0.3) is 0 Å². The maximum Gasteiger partial charge on any atom is 0.243 e. The third-order valence-electron chi connectivity index (χ3n) is 5.67. The van der Waals surface area contributed by atoms with Crippen molar-refractivity contribution in [1.82, 2.24) is 9.21 Å². The van der Waals surface area contributed by atoms with Gasteiger partial charge in [-0.2, -0.15) is 4.31 Å². The summed E-state index contributed by atoms with van der Waals surface area (Å²) < 4.78 is 28.0. The summed E-state index contributed by atoms with van der Waals surface area (Å²) in [5.41, 5.74) is 4.42. The number of nitrogens with zero attached hydrogens (tertiary/aromatic N) is 2. The molecular weight excluding hydrogens is 344 g/mol. The first-order valence-corrected chi connectivity index (χ1v) is 11.3. The second-order valence-electron chi connectivity index (χ2n) is 7.83. The molecular formula is C21H32N2O2S. The largest absolute Gasteiger partial charge is 0.300 e. The molecule has 0 amide bonds. The maximum atomic E-state index is 13.2. The second-order valence-corrected chi connectivity index (χ2v) is 9.71. The average Bonchev–Trinajstić information content (AvgIpc) is 2.60. The van der Waals surface area contributed by atoms with Crippen molar-refractivity contribution in [3.05, 3.63) is 40.5 Å². The summed E-state index contributed by atoms with van der Waals surface area (Å²) in [6, 6.07) is 3.93. The molecule has 0 bridgehead atoms. The minimum Gasteiger partial charge on any atom is -0.300 e. The van der Waals surface area contributed by atoms with Crippen LogP contribution in [0.15, 0.2) is 28.7 Å². The Labute approximate surface area is 158 Å². The van der Waals surface area contributed by atoms with Crippen molar-refractivity contribution in [2.45, 2.75) is 57.8 Å². The van der Waals surface area contributed by atoms with Crippen molar-refractivity contribution in [1.29, 1.82) is 0 Å². The van der Waals surface area contributed by atoms with Gasteiger partial charge in [0, 0.05) is 32.7 Å². The first-order valence-electron chi connectivity index (χ1n) is 9.86. The minimum atomic E-state index is -3.40. The highest BCUT2D eigenvalue weighted by Crippen LogP contribution is 2.26. The number of benzene rings is 1. The molecule has 1 aromatic rings. The summed E-state index contributed by atoms with van der Waals surface area (Å²) in [6.07, 6.45) is 8.69. The van der Waals surface area contributed by atoms with E-state index in [9.17, 15) is 8.42 Å². The Morgan fingerprint density at radius 1 is 0.962 bits per heavy atom. The fourth-order valence-corrected chi connectivity index (χ4v) is 6.16. The molecule has 0 spiro atoms. The van der Waals surface area contributed by atoms with Crippen molar-refractivity contribution < 1.29 is 8.42 Å². The molecule has 0 atom stereocenters. The zero-order valence-electron chi connectivity index (χ0n) is 16.4. The van der Waals surface area contributed by atoms with Crippen LogP contribution in [0.25, 0.3) is 0 Å². The van der Waals surface area contributed by atoms with Crippen LogP contribution >= 0.6 is 0 Å². The molecule has 0 radical (unpaired) electrons. The van der Waals surface area contributed by atoms with Gasteiger partial charge < -0.3 is 4.90 Å². The van der Waals surface area contributed by atoms with Crippen LogP contribution in [-0.4, -0.2) is 50.3 Å². The third kappa shape index (κ3) is 4.38. The molecule has 1 aliphatic carbocycles. The average molecular weight is 377 g/mol. The minimum absolute atomic E-state index is 0.504. The normalized spacial score (nSPS) is 20.2. The summed E-state index contributed by atoms with van der Waals surface area (Å²) in [5, 5.41) is 0. The number of allylic oxidation sites excluding steroid dienone is 1. The highest BCUT2D eigenvalue weighted by Gasteiger charge is 2.30. The zero-order chi connectivity index (χ0) is 18.7. The molecule has 3 rings (SSSR count). The quantitative estimate of drug-likeness (QED) is 0.734. The standard InChI is InChI=1S/C21H32N2O2S/c1-17-15-18(2)21(19(3)16-17)26(24,25)23-13-11-22(12-14-23)10-9-20-7-5-4-6-8-20/h7,15-16H,4-6,8-14H2,1-3H3. The van der Waals surface area contributed by atoms with E-state index in [-0.39, 0.29) is 0 Å². The molecule has 1 aliphatic heterocycles. The Bertz CT molecular complexity index is 752. The SMILES string of the molecule is Cc1cc(C)c(S(=O)(=O)N2CCN(CCC3=CCCCC3)CC2)c(C)c1. The van der Waals surface area contributed by atoms with Crippen molar-refractivity contribution in [3.8, 4) is 0 Å². The van der Waals surface area contributed by atoms with Crippen molar-refractivity contribution in [2.75, 3.05) is 32.7 Å². The molecule has 26 heavy (non-hydrogen) atoms. The summed E-state index contributed by atoms with van der Waals surface area (Å²) in [4.78, 5) is 2.92. The van der Waals surface area contributed by atoms with E-state index >= 15 is 0 Å². The van der Waals surface area contributed by atoms with Crippen LogP contribution < -0.4 is 0 Å². The summed E-state index contributed by atoms with van der Waals surface area (Å²) >= 11 is 0. The Morgan fingerprint density at radius 3 is 2.19 bits per heavy atom. The van der Waals surface area contributed by atoms with Crippen LogP contribution in [0.4, 0.5) is 0 Å². The molecule has 4 nitrogen and oxygen atoms in total. The monoisotopic (exact) mass is 376 g/mol. The van der Waals surface area contributed by atoms with Gasteiger partial charge in [-0.25, -0.2) is 8.42 Å². The number of hydrogen-bond donors (Lipinski definition) is 0. The Hall–Kier alpha value is -1.17. The van der Waals surface area contributed by atoms with Gasteiger partial charge in [0.1, 0.15) is 0 Å². The fraction of sp³-hybridized carbons (Fsp3) is 0.619. The van der Waals surface area contributed by atoms with Crippen LogP contribution in [0.2, 0.25) is 0 Å². The van der Waals surface area contributed by atoms with Crippen LogP contribution in [0, 0.1) is 20.8 Å². The van der Waals surface area contributed by atoms with E-state index in [2.05, 4.69) is 11.0 Å². The van der Waals surface area contributed by atoms with Crippen molar-refractivity contribution in [3.63, 3.8) is 0 Å². The number of hydrogen-bond acceptors (Lipinski definition) is 3. The van der Waals surface area contributed by atoms with Crippen molar-refractivity contribution >= 4 is 10.0 Å². The van der Waals surface area contributed by atoms with E-state index in [1.807, 2.05) is 32.9 Å². The molecule has 144 valence electrons. The lowest BCUT2D eigenvalue weighted by molar-refractivity contribution is 0.189. The molecule has 5 heteroatoms. The van der Waals surface area contributed by atoms with E-state index in [1.54, 1.807) is 9.88 Å². The third-order valence-corrected chi connectivity index (χ3v) is 7.87. The van der Waals surface area contributed by atoms with E-state index in [4.69, 9.17) is 0 Å². The lowest BCUT2D eigenvalue weighted by Crippen LogP contribution is -2.49. The van der Waals surface area contributed by atoms with Crippen LogP contribution in [0.5, 0.6) is 0 Å². The molecule has 0 saturated carbocycles. The maximum absolute atomic E-state index is 13.2. The number of aryl methyl sites for hydroxylation is 3. The van der Waals surface area contributed by atoms with Gasteiger partial charge in [0.15, 0.2) is 0 Å². The Balaban J connectivity index is 1.61. The molecule has 2 aliphatic rings. The van der Waals surface area contributed by atoms with Crippen LogP contribution in [0.1, 0.15) is 48.8 Å². The number of sulfonamides is 1. The van der Waals surface area contributed by atoms with Gasteiger partial charge >= 0.3 is 0 Å². The van der Waals surface area contributed by atoms with E-state index in [0.29, 0.717) is 18.0 Å². The van der Waals surface area contributed by atoms with Gasteiger partial charge in [-0.15, -0.1) is 0 Å². The topological polar surface area (TPSA) is 40.6 Å². The molecule has 0 aromatic heterocycles. The summed E-state index contributed by atoms with van der Waals surface area (Å²) in [6.45, 7) is 9.72. The smallest absolute Gasteiger partial charge is 0.243 e. The number of piperazine rings is 1. The molecule has 1 aromatic carbocycles. The lowest BCUT2D eigenvalue weighted by atomic mass is 9.97. The molecule has 1 saturated heterocycles. The summed E-state index contributed by atoms with van der Waals surface area (Å²) in [7, 11) is -3.40. The zero-order valence-corrected chi connectivity index (χ0v) is 17.2. The second kappa shape index (κ2) is 8.24. The molecule has 1 fully saturated rings. The Morgan fingerprint density at radius 2 is 1.62 bits per heavy atom. The molecule has 0 unspecified atom stereocenters. The lowest BCUT2D eigenvalue weighted by Gasteiger charge is -2.34. The van der Waals surface area contributed by atoms with Crippen molar-refractivity contribution in [2.24, 2.45) is 0 Å². The van der Waals surface area contributed by atoms with Gasteiger partial charge in [-0.1, -0.05) is 29.3 Å². The highest BCUT2D eigenvalue weighted by molar-refractivity contribution is 7.89. The predicted molar refractivity (Wildman–Crippen MR) is 107 cm³/mol. The fourth-order valence-electron chi connectivity index (χ4n) is 4.33. The van der Waals surface area contributed by atoms with Crippen LogP contribution in [0.3, 0.4) is 0 Å². The van der Waals surface area contributed by atoms with Gasteiger partial charge in [0.05, 0.1) is 4.90 Å². The van der Waals surface area contributed by atoms with E-state index in [0.717, 1.165) is 42.7 Å². The molecule has 1 heterocycles. The van der Waals surface area contributed by atoms with E-state index in [1.165, 1.54) is 25.7 Å². The first kappa shape index (κ1) is 19.6. The van der Waals surface area contributed by atoms with Crippen LogP contribution in [-0.2, 0) is 10.0 Å². The highest BCUT2D eigenvalue weighted by atomic mass is 32.2. The first-order chi connectivity index (χ1) is 12.4. The van der Waals surface area contributed by atoms with Gasteiger partial charge in [-0.3, -0.25) is 0 Å².